The normalized spacial score (nSPS) is 11.4. The van der Waals surface area contributed by atoms with E-state index in [4.69, 9.17) is 4.74 Å². The van der Waals surface area contributed by atoms with Crippen molar-refractivity contribution in [3.05, 3.63) is 54.1 Å². The number of benzene rings is 2. The molecule has 0 saturated carbocycles. The van der Waals surface area contributed by atoms with E-state index >= 15 is 0 Å². The second kappa shape index (κ2) is 7.49. The summed E-state index contributed by atoms with van der Waals surface area (Å²) in [5.74, 6) is 1.57. The molecule has 4 nitrogen and oxygen atoms in total. The molecule has 0 aliphatic rings. The highest BCUT2D eigenvalue weighted by molar-refractivity contribution is 5.92. The summed E-state index contributed by atoms with van der Waals surface area (Å²) in [6.07, 6.45) is 0. The van der Waals surface area contributed by atoms with Crippen molar-refractivity contribution in [2.45, 2.75) is 26.2 Å². The molecule has 0 fully saturated rings. The summed E-state index contributed by atoms with van der Waals surface area (Å²) in [6.45, 7) is 6.85. The Balaban J connectivity index is 2.09. The number of hydrogen-bond donors (Lipinski definition) is 1. The molecule has 0 spiro atoms. The molecule has 0 saturated heterocycles. The number of ether oxygens (including phenoxy) is 1. The molecule has 0 atom stereocenters. The zero-order valence-corrected chi connectivity index (χ0v) is 15.1. The van der Waals surface area contributed by atoms with Crippen molar-refractivity contribution < 1.29 is 9.53 Å². The fraction of sp³-hybridized carbons (Fsp3) is 0.350. The smallest absolute Gasteiger partial charge is 0.238 e. The van der Waals surface area contributed by atoms with Gasteiger partial charge in [0, 0.05) is 11.3 Å². The van der Waals surface area contributed by atoms with E-state index in [2.05, 4.69) is 32.2 Å². The number of amides is 1. The highest BCUT2D eigenvalue weighted by atomic mass is 16.5. The van der Waals surface area contributed by atoms with Gasteiger partial charge in [0.1, 0.15) is 11.5 Å². The molecule has 128 valence electrons. The molecule has 2 rings (SSSR count). The largest absolute Gasteiger partial charge is 0.457 e. The Morgan fingerprint density at radius 1 is 1.04 bits per heavy atom. The molecule has 0 unspecified atom stereocenters. The van der Waals surface area contributed by atoms with Crippen molar-refractivity contribution in [3.8, 4) is 11.5 Å². The topological polar surface area (TPSA) is 41.6 Å². The van der Waals surface area contributed by atoms with Crippen LogP contribution in [0.2, 0.25) is 0 Å². The molecule has 0 bridgehead atoms. The molecule has 0 aliphatic heterocycles. The SMILES string of the molecule is CN(C)CC(=O)Nc1ccc(Oc2ccccc2C(C)(C)C)cc1. The minimum absolute atomic E-state index is 0.0106. The van der Waals surface area contributed by atoms with E-state index < -0.39 is 0 Å². The molecule has 2 aromatic rings. The first-order chi connectivity index (χ1) is 11.3. The molecule has 1 amide bonds. The zero-order valence-electron chi connectivity index (χ0n) is 15.1. The number of nitrogens with one attached hydrogen (secondary N) is 1. The fourth-order valence-corrected chi connectivity index (χ4v) is 2.40. The minimum Gasteiger partial charge on any atom is -0.457 e. The average Bonchev–Trinajstić information content (AvgIpc) is 2.48. The standard InChI is InChI=1S/C20H26N2O2/c1-20(2,3)17-8-6-7-9-18(17)24-16-12-10-15(11-13-16)21-19(23)14-22(4)5/h6-13H,14H2,1-5H3,(H,21,23). The first-order valence-corrected chi connectivity index (χ1v) is 8.08. The summed E-state index contributed by atoms with van der Waals surface area (Å²) < 4.78 is 6.04. The van der Waals surface area contributed by atoms with Gasteiger partial charge in [-0.15, -0.1) is 0 Å². The highest BCUT2D eigenvalue weighted by Gasteiger charge is 2.18. The van der Waals surface area contributed by atoms with E-state index in [1.54, 1.807) is 0 Å². The van der Waals surface area contributed by atoms with Crippen LogP contribution in [0.3, 0.4) is 0 Å². The van der Waals surface area contributed by atoms with Crippen LogP contribution in [0.5, 0.6) is 11.5 Å². The van der Waals surface area contributed by atoms with Gasteiger partial charge in [-0.3, -0.25) is 4.79 Å². The number of anilines is 1. The molecule has 0 aliphatic carbocycles. The van der Waals surface area contributed by atoms with Crippen molar-refractivity contribution in [3.63, 3.8) is 0 Å². The number of para-hydroxylation sites is 1. The number of nitrogens with zero attached hydrogens (tertiary/aromatic N) is 1. The molecule has 0 aromatic heterocycles. The summed E-state index contributed by atoms with van der Waals surface area (Å²) in [7, 11) is 3.73. The summed E-state index contributed by atoms with van der Waals surface area (Å²) in [5.41, 5.74) is 1.93. The van der Waals surface area contributed by atoms with Crippen LogP contribution < -0.4 is 10.1 Å². The second-order valence-corrected chi connectivity index (χ2v) is 7.16. The minimum atomic E-state index is -0.0354. The van der Waals surface area contributed by atoms with E-state index in [0.29, 0.717) is 6.54 Å². The lowest BCUT2D eigenvalue weighted by Gasteiger charge is -2.22. The lowest BCUT2D eigenvalue weighted by molar-refractivity contribution is -0.116. The molecule has 4 heteroatoms. The predicted octanol–water partition coefficient (Wildman–Crippen LogP) is 4.28. The van der Waals surface area contributed by atoms with Crippen LogP contribution in [-0.4, -0.2) is 31.4 Å². The highest BCUT2D eigenvalue weighted by Crippen LogP contribution is 2.34. The van der Waals surface area contributed by atoms with Crippen LogP contribution in [-0.2, 0) is 10.2 Å². The number of rotatable bonds is 5. The third kappa shape index (κ3) is 5.10. The monoisotopic (exact) mass is 326 g/mol. The van der Waals surface area contributed by atoms with Crippen LogP contribution >= 0.6 is 0 Å². The van der Waals surface area contributed by atoms with E-state index in [1.807, 2.05) is 61.5 Å². The molecule has 24 heavy (non-hydrogen) atoms. The van der Waals surface area contributed by atoms with Gasteiger partial charge in [0.25, 0.3) is 0 Å². The first kappa shape index (κ1) is 18.0. The Kier molecular flexibility index (Phi) is 5.62. The average molecular weight is 326 g/mol. The Labute approximate surface area is 144 Å². The van der Waals surface area contributed by atoms with Crippen molar-refractivity contribution >= 4 is 11.6 Å². The summed E-state index contributed by atoms with van der Waals surface area (Å²) in [4.78, 5) is 13.6. The van der Waals surface area contributed by atoms with E-state index in [0.717, 1.165) is 22.7 Å². The van der Waals surface area contributed by atoms with Crippen LogP contribution in [0.4, 0.5) is 5.69 Å². The quantitative estimate of drug-likeness (QED) is 0.892. The van der Waals surface area contributed by atoms with Gasteiger partial charge in [0.05, 0.1) is 6.54 Å². The lowest BCUT2D eigenvalue weighted by atomic mass is 9.86. The van der Waals surface area contributed by atoms with E-state index in [-0.39, 0.29) is 11.3 Å². The maximum Gasteiger partial charge on any atom is 0.238 e. The maximum atomic E-state index is 11.8. The Bertz CT molecular complexity index is 686. The Morgan fingerprint density at radius 2 is 1.67 bits per heavy atom. The predicted molar refractivity (Wildman–Crippen MR) is 98.8 cm³/mol. The number of carbonyl (C=O) groups is 1. The number of likely N-dealkylation sites (N-methyl/N-ethyl adjacent to an activating group) is 1. The van der Waals surface area contributed by atoms with Gasteiger partial charge >= 0.3 is 0 Å². The van der Waals surface area contributed by atoms with Crippen LogP contribution in [0, 0.1) is 0 Å². The van der Waals surface area contributed by atoms with E-state index in [9.17, 15) is 4.79 Å². The lowest BCUT2D eigenvalue weighted by Crippen LogP contribution is -2.26. The van der Waals surface area contributed by atoms with Gasteiger partial charge in [-0.1, -0.05) is 39.0 Å². The van der Waals surface area contributed by atoms with E-state index in [1.165, 1.54) is 0 Å². The molecule has 0 heterocycles. The number of hydrogen-bond acceptors (Lipinski definition) is 3. The summed E-state index contributed by atoms with van der Waals surface area (Å²) in [5, 5.41) is 2.86. The zero-order chi connectivity index (χ0) is 17.7. The van der Waals surface area contributed by atoms with Gasteiger partial charge in [0.15, 0.2) is 0 Å². The maximum absolute atomic E-state index is 11.8. The molecule has 1 N–H and O–H groups in total. The van der Waals surface area contributed by atoms with Crippen molar-refractivity contribution in [2.24, 2.45) is 0 Å². The fourth-order valence-electron chi connectivity index (χ4n) is 2.40. The Morgan fingerprint density at radius 3 is 2.25 bits per heavy atom. The first-order valence-electron chi connectivity index (χ1n) is 8.08. The second-order valence-electron chi connectivity index (χ2n) is 7.16. The van der Waals surface area contributed by atoms with Gasteiger partial charge in [0.2, 0.25) is 5.91 Å². The van der Waals surface area contributed by atoms with Gasteiger partial charge in [-0.2, -0.15) is 0 Å². The van der Waals surface area contributed by atoms with Gasteiger partial charge in [-0.05, 0) is 49.8 Å². The van der Waals surface area contributed by atoms with Crippen molar-refractivity contribution in [1.29, 1.82) is 0 Å². The van der Waals surface area contributed by atoms with Crippen molar-refractivity contribution in [1.82, 2.24) is 4.90 Å². The van der Waals surface area contributed by atoms with Gasteiger partial charge < -0.3 is 15.0 Å². The molecular formula is C20H26N2O2. The van der Waals surface area contributed by atoms with Crippen LogP contribution in [0.25, 0.3) is 0 Å². The number of carbonyl (C=O) groups excluding carboxylic acids is 1. The molecule has 0 radical (unpaired) electrons. The molecule has 2 aromatic carbocycles. The third-order valence-electron chi connectivity index (χ3n) is 3.52. The van der Waals surface area contributed by atoms with Crippen molar-refractivity contribution in [2.75, 3.05) is 26.0 Å². The molecular weight excluding hydrogens is 300 g/mol. The Hall–Kier alpha value is -2.33. The van der Waals surface area contributed by atoms with Gasteiger partial charge in [-0.25, -0.2) is 0 Å². The summed E-state index contributed by atoms with van der Waals surface area (Å²) in [6, 6.07) is 15.5. The third-order valence-corrected chi connectivity index (χ3v) is 3.52. The van der Waals surface area contributed by atoms with Crippen LogP contribution in [0.15, 0.2) is 48.5 Å². The van der Waals surface area contributed by atoms with Crippen LogP contribution in [0.1, 0.15) is 26.3 Å². The summed E-state index contributed by atoms with van der Waals surface area (Å²) >= 11 is 0.